The summed E-state index contributed by atoms with van der Waals surface area (Å²) >= 11 is 0. The van der Waals surface area contributed by atoms with Crippen molar-refractivity contribution in [3.8, 4) is 11.8 Å². The van der Waals surface area contributed by atoms with E-state index < -0.39 is 4.92 Å². The molecule has 1 aromatic carbocycles. The average Bonchev–Trinajstić information content (AvgIpc) is 2.44. The number of benzene rings is 1. The Kier molecular flexibility index (Phi) is 6.14. The molecule has 112 valence electrons. The van der Waals surface area contributed by atoms with Crippen LogP contribution in [0.5, 0.6) is 5.75 Å². The molecule has 0 heterocycles. The van der Waals surface area contributed by atoms with Crippen LogP contribution in [0.25, 0.3) is 0 Å². The van der Waals surface area contributed by atoms with E-state index in [-0.39, 0.29) is 36.8 Å². The van der Waals surface area contributed by atoms with Gasteiger partial charge in [-0.3, -0.25) is 14.9 Å². The molecular weight excluding hydrogens is 274 g/mol. The minimum absolute atomic E-state index is 0.0556. The quantitative estimate of drug-likeness (QED) is 0.565. The second-order valence-corrected chi connectivity index (χ2v) is 4.50. The molecule has 0 aromatic heterocycles. The predicted molar refractivity (Wildman–Crippen MR) is 75.8 cm³/mol. The number of nitriles is 1. The summed E-state index contributed by atoms with van der Waals surface area (Å²) in [4.78, 5) is 23.7. The number of nitro benzene ring substituents is 1. The zero-order chi connectivity index (χ0) is 15.8. The topological polar surface area (TPSA) is 96.5 Å². The summed E-state index contributed by atoms with van der Waals surface area (Å²) in [7, 11) is 1.61. The molecule has 0 aliphatic carbocycles. The second kappa shape index (κ2) is 7.85. The van der Waals surface area contributed by atoms with Crippen LogP contribution in [0.4, 0.5) is 5.69 Å². The van der Waals surface area contributed by atoms with E-state index in [1.54, 1.807) is 26.1 Å². The number of hydrogen-bond acceptors (Lipinski definition) is 5. The summed E-state index contributed by atoms with van der Waals surface area (Å²) in [5.74, 6) is -0.00645. The van der Waals surface area contributed by atoms with E-state index in [2.05, 4.69) is 0 Å². The molecule has 0 radical (unpaired) electrons. The van der Waals surface area contributed by atoms with Gasteiger partial charge in [-0.25, -0.2) is 0 Å². The maximum Gasteiger partial charge on any atom is 0.313 e. The molecule has 7 heteroatoms. The van der Waals surface area contributed by atoms with E-state index in [1.807, 2.05) is 6.07 Å². The van der Waals surface area contributed by atoms with Crippen molar-refractivity contribution >= 4 is 11.6 Å². The van der Waals surface area contributed by atoms with Gasteiger partial charge in [0.25, 0.3) is 0 Å². The highest BCUT2D eigenvalue weighted by Crippen LogP contribution is 2.30. The van der Waals surface area contributed by atoms with Gasteiger partial charge in [0, 0.05) is 19.2 Å². The zero-order valence-electron chi connectivity index (χ0n) is 12.0. The lowest BCUT2D eigenvalue weighted by molar-refractivity contribution is -0.386. The van der Waals surface area contributed by atoms with Crippen LogP contribution in [0, 0.1) is 28.4 Å². The Balaban J connectivity index is 2.57. The maximum atomic E-state index is 11.7. The molecule has 0 N–H and O–H groups in total. The monoisotopic (exact) mass is 291 g/mol. The lowest BCUT2D eigenvalue weighted by Gasteiger charge is -2.15. The fraction of sp³-hybridized carbons (Fsp3) is 0.429. The van der Waals surface area contributed by atoms with E-state index in [0.717, 1.165) is 0 Å². The van der Waals surface area contributed by atoms with Crippen molar-refractivity contribution in [2.24, 2.45) is 0 Å². The second-order valence-electron chi connectivity index (χ2n) is 4.50. The van der Waals surface area contributed by atoms with Gasteiger partial charge in [-0.2, -0.15) is 5.26 Å². The van der Waals surface area contributed by atoms with E-state index in [9.17, 15) is 14.9 Å². The largest absolute Gasteiger partial charge is 0.486 e. The minimum Gasteiger partial charge on any atom is -0.486 e. The molecule has 0 aliphatic heterocycles. The number of ether oxygens (including phenoxy) is 1. The van der Waals surface area contributed by atoms with Crippen LogP contribution in [0.3, 0.4) is 0 Å². The number of amides is 1. The fourth-order valence-electron chi connectivity index (χ4n) is 1.76. The lowest BCUT2D eigenvalue weighted by atomic mass is 10.2. The van der Waals surface area contributed by atoms with Crippen LogP contribution >= 0.6 is 0 Å². The highest BCUT2D eigenvalue weighted by molar-refractivity contribution is 5.76. The summed E-state index contributed by atoms with van der Waals surface area (Å²) in [6, 6.07) is 6.77. The highest BCUT2D eigenvalue weighted by atomic mass is 16.6. The molecule has 0 saturated carbocycles. The molecule has 0 unspecified atom stereocenters. The first-order chi connectivity index (χ1) is 9.97. The van der Waals surface area contributed by atoms with Gasteiger partial charge >= 0.3 is 5.69 Å². The minimum atomic E-state index is -0.495. The first-order valence-corrected chi connectivity index (χ1v) is 6.45. The Hall–Kier alpha value is -2.62. The maximum absolute atomic E-state index is 11.7. The Morgan fingerprint density at radius 1 is 1.52 bits per heavy atom. The van der Waals surface area contributed by atoms with Gasteiger partial charge in [0.1, 0.15) is 0 Å². The summed E-state index contributed by atoms with van der Waals surface area (Å²) in [6.45, 7) is 2.05. The van der Waals surface area contributed by atoms with Crippen molar-refractivity contribution in [1.82, 2.24) is 4.90 Å². The predicted octanol–water partition coefficient (Wildman–Crippen LogP) is 2.04. The smallest absolute Gasteiger partial charge is 0.313 e. The zero-order valence-corrected chi connectivity index (χ0v) is 12.0. The third-order valence-corrected chi connectivity index (χ3v) is 2.94. The third-order valence-electron chi connectivity index (χ3n) is 2.94. The van der Waals surface area contributed by atoms with E-state index >= 15 is 0 Å². The number of para-hydroxylation sites is 1. The van der Waals surface area contributed by atoms with Gasteiger partial charge in [0.15, 0.2) is 5.75 Å². The first kappa shape index (κ1) is 16.4. The molecule has 21 heavy (non-hydrogen) atoms. The van der Waals surface area contributed by atoms with Gasteiger partial charge in [-0.05, 0) is 13.0 Å². The molecule has 0 spiro atoms. The van der Waals surface area contributed by atoms with Crippen molar-refractivity contribution < 1.29 is 14.5 Å². The van der Waals surface area contributed by atoms with Crippen LogP contribution < -0.4 is 4.74 Å². The van der Waals surface area contributed by atoms with E-state index in [1.165, 1.54) is 11.0 Å². The number of nitrogens with zero attached hydrogens (tertiary/aromatic N) is 3. The summed E-state index contributed by atoms with van der Waals surface area (Å²) in [6.07, 6.45) is 0.374. The number of rotatable bonds is 7. The molecule has 0 saturated heterocycles. The Morgan fingerprint density at radius 3 is 2.86 bits per heavy atom. The number of carbonyl (C=O) groups is 1. The third kappa shape index (κ3) is 4.76. The number of carbonyl (C=O) groups excluding carboxylic acids is 1. The van der Waals surface area contributed by atoms with Gasteiger partial charge in [0.2, 0.25) is 5.91 Å². The molecule has 0 aliphatic rings. The van der Waals surface area contributed by atoms with Gasteiger partial charge in [0.05, 0.1) is 30.4 Å². The summed E-state index contributed by atoms with van der Waals surface area (Å²) < 4.78 is 5.35. The first-order valence-electron chi connectivity index (χ1n) is 6.45. The molecule has 1 amide bonds. The van der Waals surface area contributed by atoms with Gasteiger partial charge in [-0.15, -0.1) is 0 Å². The van der Waals surface area contributed by atoms with Crippen LogP contribution in [-0.4, -0.2) is 35.9 Å². The van der Waals surface area contributed by atoms with Crippen molar-refractivity contribution in [2.75, 3.05) is 20.2 Å². The van der Waals surface area contributed by atoms with Crippen molar-refractivity contribution in [1.29, 1.82) is 5.26 Å². The van der Waals surface area contributed by atoms with E-state index in [0.29, 0.717) is 12.1 Å². The molecule has 0 bridgehead atoms. The summed E-state index contributed by atoms with van der Waals surface area (Å²) in [5.41, 5.74) is 0.428. The number of aryl methyl sites for hydroxylation is 1. The van der Waals surface area contributed by atoms with Crippen LogP contribution in [0.2, 0.25) is 0 Å². The van der Waals surface area contributed by atoms with Crippen molar-refractivity contribution in [3.05, 3.63) is 33.9 Å². The van der Waals surface area contributed by atoms with E-state index in [4.69, 9.17) is 10.00 Å². The lowest BCUT2D eigenvalue weighted by Crippen LogP contribution is -2.28. The SMILES string of the molecule is Cc1cccc(OCCC(=O)N(C)CCC#N)c1[N+](=O)[O-]. The van der Waals surface area contributed by atoms with Crippen LogP contribution in [0.15, 0.2) is 18.2 Å². The normalized spacial score (nSPS) is 9.76. The molecule has 0 atom stereocenters. The van der Waals surface area contributed by atoms with Crippen molar-refractivity contribution in [3.63, 3.8) is 0 Å². The average molecular weight is 291 g/mol. The molecule has 1 aromatic rings. The number of hydrogen-bond donors (Lipinski definition) is 0. The summed E-state index contributed by atoms with van der Waals surface area (Å²) in [5, 5.41) is 19.4. The Bertz CT molecular complexity index is 566. The van der Waals surface area contributed by atoms with Crippen LogP contribution in [0.1, 0.15) is 18.4 Å². The van der Waals surface area contributed by atoms with Crippen LogP contribution in [-0.2, 0) is 4.79 Å². The van der Waals surface area contributed by atoms with Crippen molar-refractivity contribution in [2.45, 2.75) is 19.8 Å². The fourth-order valence-corrected chi connectivity index (χ4v) is 1.76. The molecular formula is C14H17N3O4. The molecule has 0 fully saturated rings. The molecule has 7 nitrogen and oxygen atoms in total. The highest BCUT2D eigenvalue weighted by Gasteiger charge is 2.18. The van der Waals surface area contributed by atoms with Gasteiger partial charge in [-0.1, -0.05) is 12.1 Å². The Labute approximate surface area is 122 Å². The van der Waals surface area contributed by atoms with Gasteiger partial charge < -0.3 is 9.64 Å². The standard InChI is InChI=1S/C14H17N3O4/c1-11-5-3-6-12(14(11)17(19)20)21-10-7-13(18)16(2)9-4-8-15/h3,5-6H,4,7,9-10H2,1-2H3. The number of nitro groups is 1. The Morgan fingerprint density at radius 2 is 2.24 bits per heavy atom. The molecule has 1 rings (SSSR count).